The van der Waals surface area contributed by atoms with Gasteiger partial charge in [0.2, 0.25) is 0 Å². The van der Waals surface area contributed by atoms with Crippen LogP contribution in [0.15, 0.2) is 35.4 Å². The number of hydrazone groups is 1. The minimum atomic E-state index is -0.707. The van der Waals surface area contributed by atoms with Crippen molar-refractivity contribution in [2.24, 2.45) is 5.10 Å². The van der Waals surface area contributed by atoms with E-state index in [2.05, 4.69) is 33.1 Å². The second kappa shape index (κ2) is 10.5. The van der Waals surface area contributed by atoms with E-state index < -0.39 is 15.5 Å². The third-order valence-electron chi connectivity index (χ3n) is 3.57. The fourth-order valence-corrected chi connectivity index (χ4v) is 3.11. The van der Waals surface area contributed by atoms with Gasteiger partial charge in [0.1, 0.15) is 5.69 Å². The third kappa shape index (κ3) is 6.01. The predicted molar refractivity (Wildman–Crippen MR) is 117 cm³/mol. The molecule has 0 aromatic heterocycles. The Bertz CT molecular complexity index is 935. The maximum absolute atomic E-state index is 11.2. The van der Waals surface area contributed by atoms with Gasteiger partial charge in [0.05, 0.1) is 38.9 Å². The fraction of sp³-hybridized carbons (Fsp3) is 0.278. The number of halogens is 1. The topological polar surface area (TPSA) is 129 Å². The van der Waals surface area contributed by atoms with Crippen LogP contribution in [0.25, 0.3) is 0 Å². The first-order valence-electron chi connectivity index (χ1n) is 8.68. The van der Waals surface area contributed by atoms with Crippen molar-refractivity contribution in [2.45, 2.75) is 20.3 Å². The first kappa shape index (κ1) is 22.3. The predicted octanol–water partition coefficient (Wildman–Crippen LogP) is 4.74. The molecule has 0 aliphatic rings. The van der Waals surface area contributed by atoms with Gasteiger partial charge in [-0.2, -0.15) is 5.10 Å². The Hall–Kier alpha value is -2.96. The number of non-ortho nitro benzene ring substituents is 1. The maximum Gasteiger partial charge on any atom is 0.301 e. The van der Waals surface area contributed by atoms with Crippen LogP contribution in [0.2, 0.25) is 0 Å². The van der Waals surface area contributed by atoms with E-state index in [4.69, 9.17) is 9.47 Å². The molecule has 2 aromatic rings. The highest BCUT2D eigenvalue weighted by Gasteiger charge is 2.19. The zero-order valence-electron chi connectivity index (χ0n) is 15.8. The van der Waals surface area contributed by atoms with Crippen LogP contribution < -0.4 is 14.9 Å². The van der Waals surface area contributed by atoms with E-state index >= 15 is 0 Å². The fourth-order valence-electron chi connectivity index (χ4n) is 2.33. The summed E-state index contributed by atoms with van der Waals surface area (Å²) in [6.45, 7) is 4.91. The lowest BCUT2D eigenvalue weighted by molar-refractivity contribution is -0.393. The molecule has 0 saturated heterocycles. The van der Waals surface area contributed by atoms with Gasteiger partial charge in [-0.1, -0.05) is 6.92 Å². The molecule has 11 heteroatoms. The lowest BCUT2D eigenvalue weighted by atomic mass is 10.2. The number of nitrogens with zero attached hydrogens (tertiary/aromatic N) is 3. The maximum atomic E-state index is 11.2. The van der Waals surface area contributed by atoms with Gasteiger partial charge in [0.25, 0.3) is 5.69 Å². The van der Waals surface area contributed by atoms with Gasteiger partial charge in [0.15, 0.2) is 11.5 Å². The van der Waals surface area contributed by atoms with Crippen molar-refractivity contribution in [3.63, 3.8) is 0 Å². The van der Waals surface area contributed by atoms with Crippen LogP contribution in [0, 0.1) is 23.8 Å². The van der Waals surface area contributed by atoms with E-state index in [1.54, 1.807) is 6.07 Å². The second-order valence-corrected chi connectivity index (χ2v) is 6.86. The van der Waals surface area contributed by atoms with Gasteiger partial charge in [-0.25, -0.2) is 0 Å². The number of nitro benzene ring substituents is 2. The van der Waals surface area contributed by atoms with Crippen LogP contribution in [0.5, 0.6) is 11.5 Å². The van der Waals surface area contributed by atoms with Crippen LogP contribution >= 0.6 is 22.6 Å². The molecule has 2 rings (SSSR count). The largest absolute Gasteiger partial charge is 0.490 e. The molecule has 0 saturated carbocycles. The third-order valence-corrected chi connectivity index (χ3v) is 4.37. The molecule has 0 aliphatic heterocycles. The summed E-state index contributed by atoms with van der Waals surface area (Å²) in [6, 6.07) is 6.88. The summed E-state index contributed by atoms with van der Waals surface area (Å²) in [7, 11) is 0. The molecule has 0 radical (unpaired) electrons. The molecule has 0 heterocycles. The average Bonchev–Trinajstić information content (AvgIpc) is 2.67. The number of hydrogen-bond donors (Lipinski definition) is 1. The quantitative estimate of drug-likeness (QED) is 0.210. The number of nitrogens with one attached hydrogen (secondary N) is 1. The molecule has 29 heavy (non-hydrogen) atoms. The molecule has 0 spiro atoms. The average molecular weight is 514 g/mol. The summed E-state index contributed by atoms with van der Waals surface area (Å²) in [5.41, 5.74) is 2.48. The summed E-state index contributed by atoms with van der Waals surface area (Å²) in [5, 5.41) is 26.0. The standard InChI is InChI=1S/C18H19IN4O6/c1-3-7-29-18-14(19)8-12(9-17(18)28-4-2)11-20-21-15-6-5-13(22(24)25)10-16(15)23(26)27/h5-6,8-11,21H,3-4,7H2,1-2H3/b20-11+. The normalized spacial score (nSPS) is 10.7. The smallest absolute Gasteiger partial charge is 0.301 e. The molecular formula is C18H19IN4O6. The molecule has 2 aromatic carbocycles. The highest BCUT2D eigenvalue weighted by atomic mass is 127. The second-order valence-electron chi connectivity index (χ2n) is 5.70. The number of anilines is 1. The van der Waals surface area contributed by atoms with E-state index in [1.165, 1.54) is 18.3 Å². The molecular weight excluding hydrogens is 495 g/mol. The van der Waals surface area contributed by atoms with E-state index in [0.29, 0.717) is 30.3 Å². The van der Waals surface area contributed by atoms with Gasteiger partial charge in [0, 0.05) is 6.07 Å². The van der Waals surface area contributed by atoms with Gasteiger partial charge >= 0.3 is 5.69 Å². The molecule has 154 valence electrons. The Labute approximate surface area is 180 Å². The minimum Gasteiger partial charge on any atom is -0.490 e. The lowest BCUT2D eigenvalue weighted by Gasteiger charge is -2.14. The molecule has 0 atom stereocenters. The van der Waals surface area contributed by atoms with Crippen molar-refractivity contribution < 1.29 is 19.3 Å². The Kier molecular flexibility index (Phi) is 8.12. The van der Waals surface area contributed by atoms with Crippen LogP contribution in [-0.4, -0.2) is 29.3 Å². The summed E-state index contributed by atoms with van der Waals surface area (Å²) in [5.74, 6) is 1.24. The van der Waals surface area contributed by atoms with Gasteiger partial charge in [-0.15, -0.1) is 0 Å². The molecule has 1 N–H and O–H groups in total. The van der Waals surface area contributed by atoms with E-state index in [0.717, 1.165) is 16.1 Å². The highest BCUT2D eigenvalue weighted by molar-refractivity contribution is 14.1. The van der Waals surface area contributed by atoms with Crippen molar-refractivity contribution in [1.29, 1.82) is 0 Å². The molecule has 0 bridgehead atoms. The van der Waals surface area contributed by atoms with E-state index in [-0.39, 0.29) is 11.4 Å². The molecule has 0 unspecified atom stereocenters. The zero-order chi connectivity index (χ0) is 21.4. The van der Waals surface area contributed by atoms with Crippen molar-refractivity contribution in [3.05, 3.63) is 59.7 Å². The van der Waals surface area contributed by atoms with Crippen molar-refractivity contribution in [1.82, 2.24) is 0 Å². The number of ether oxygens (including phenoxy) is 2. The molecule has 0 fully saturated rings. The Morgan fingerprint density at radius 2 is 1.90 bits per heavy atom. The summed E-state index contributed by atoms with van der Waals surface area (Å²) in [6.07, 6.45) is 2.34. The Morgan fingerprint density at radius 1 is 1.14 bits per heavy atom. The van der Waals surface area contributed by atoms with Crippen molar-refractivity contribution >= 4 is 45.9 Å². The molecule has 0 amide bonds. The van der Waals surface area contributed by atoms with Crippen LogP contribution in [0.1, 0.15) is 25.8 Å². The number of nitro groups is 2. The number of hydrogen-bond acceptors (Lipinski definition) is 8. The summed E-state index contributed by atoms with van der Waals surface area (Å²) in [4.78, 5) is 20.6. The monoisotopic (exact) mass is 514 g/mol. The minimum absolute atomic E-state index is 0.0412. The Morgan fingerprint density at radius 3 is 2.52 bits per heavy atom. The van der Waals surface area contributed by atoms with Crippen LogP contribution in [0.4, 0.5) is 17.1 Å². The number of benzene rings is 2. The highest BCUT2D eigenvalue weighted by Crippen LogP contribution is 2.34. The van der Waals surface area contributed by atoms with Gasteiger partial charge in [-0.3, -0.25) is 25.7 Å². The summed E-state index contributed by atoms with van der Waals surface area (Å²) < 4.78 is 12.2. The van der Waals surface area contributed by atoms with Gasteiger partial charge in [-0.05, 0) is 59.7 Å². The Balaban J connectivity index is 2.26. The first-order chi connectivity index (χ1) is 13.9. The van der Waals surface area contributed by atoms with Crippen LogP contribution in [0.3, 0.4) is 0 Å². The SMILES string of the molecule is CCCOc1c(I)cc(/C=N/Nc2ccc([N+](=O)[O-])cc2[N+](=O)[O-])cc1OCC. The number of rotatable bonds is 10. The summed E-state index contributed by atoms with van der Waals surface area (Å²) >= 11 is 2.14. The van der Waals surface area contributed by atoms with E-state index in [9.17, 15) is 20.2 Å². The first-order valence-corrected chi connectivity index (χ1v) is 9.76. The lowest BCUT2D eigenvalue weighted by Crippen LogP contribution is -2.03. The molecule has 0 aliphatic carbocycles. The van der Waals surface area contributed by atoms with Crippen LogP contribution in [-0.2, 0) is 0 Å². The van der Waals surface area contributed by atoms with Crippen molar-refractivity contribution in [3.8, 4) is 11.5 Å². The van der Waals surface area contributed by atoms with Gasteiger partial charge < -0.3 is 9.47 Å². The van der Waals surface area contributed by atoms with Crippen molar-refractivity contribution in [2.75, 3.05) is 18.6 Å². The van der Waals surface area contributed by atoms with E-state index in [1.807, 2.05) is 19.9 Å². The molecule has 10 nitrogen and oxygen atoms in total. The zero-order valence-corrected chi connectivity index (χ0v) is 17.9.